The van der Waals surface area contributed by atoms with Gasteiger partial charge in [-0.1, -0.05) is 12.9 Å². The predicted octanol–water partition coefficient (Wildman–Crippen LogP) is -0.0622. The SMILES string of the molecule is O=[C-]O.O=[C-]O.[NH2-].[Zn]. The molecule has 0 aromatic heterocycles. The van der Waals surface area contributed by atoms with Gasteiger partial charge in [0, 0.05) is 19.5 Å². The molecule has 4 N–H and O–H groups in total. The zero-order valence-electron chi connectivity index (χ0n) is 4.00. The average molecular weight is 171 g/mol. The molecular formula is C2H4NO4Zn-3. The van der Waals surface area contributed by atoms with Crippen molar-refractivity contribution in [2.24, 2.45) is 0 Å². The molecule has 0 aliphatic heterocycles. The van der Waals surface area contributed by atoms with Crippen molar-refractivity contribution in [3.8, 4) is 0 Å². The van der Waals surface area contributed by atoms with E-state index in [0.29, 0.717) is 12.9 Å². The molecule has 0 aromatic carbocycles. The van der Waals surface area contributed by atoms with E-state index in [1.807, 2.05) is 0 Å². The van der Waals surface area contributed by atoms with Gasteiger partial charge in [0.1, 0.15) is 0 Å². The summed E-state index contributed by atoms with van der Waals surface area (Å²) in [6.45, 7) is 1.00. The van der Waals surface area contributed by atoms with Crippen LogP contribution in [0, 0.1) is 0 Å². The van der Waals surface area contributed by atoms with Crippen molar-refractivity contribution in [1.29, 1.82) is 0 Å². The van der Waals surface area contributed by atoms with Gasteiger partial charge in [-0.15, -0.1) is 0 Å². The minimum absolute atomic E-state index is 0. The van der Waals surface area contributed by atoms with E-state index in [2.05, 4.69) is 0 Å². The van der Waals surface area contributed by atoms with Crippen LogP contribution in [0.3, 0.4) is 0 Å². The standard InChI is InChI=1S/2CHO2.H2N.Zn/c2*2-1-3;;/h2*(H,2,3);1H2;/q3*-1;. The molecule has 46 valence electrons. The molecular weight excluding hydrogens is 167 g/mol. The molecule has 5 nitrogen and oxygen atoms in total. The first-order valence-corrected chi connectivity index (χ1v) is 0.855. The Balaban J connectivity index is -0.0000000160. The minimum atomic E-state index is 0. The summed E-state index contributed by atoms with van der Waals surface area (Å²) in [4.78, 5) is 16.5. The summed E-state index contributed by atoms with van der Waals surface area (Å²) in [7, 11) is 0. The summed E-state index contributed by atoms with van der Waals surface area (Å²) in [6, 6.07) is 0. The van der Waals surface area contributed by atoms with Crippen molar-refractivity contribution < 1.29 is 39.3 Å². The van der Waals surface area contributed by atoms with Crippen LogP contribution < -0.4 is 0 Å². The van der Waals surface area contributed by atoms with Gasteiger partial charge in [-0.25, -0.2) is 0 Å². The molecule has 6 heteroatoms. The Kier molecular flexibility index (Phi) is 276. The second-order valence-corrected chi connectivity index (χ2v) is 0.183. The van der Waals surface area contributed by atoms with Crippen LogP contribution in [0.4, 0.5) is 0 Å². The normalized spacial score (nSPS) is 3.00. The molecule has 0 amide bonds. The molecule has 0 fully saturated rings. The third-order valence-electron chi connectivity index (χ3n) is 0. The summed E-state index contributed by atoms with van der Waals surface area (Å²) in [5.74, 6) is 0. The fourth-order valence-electron chi connectivity index (χ4n) is 0. The van der Waals surface area contributed by atoms with Gasteiger partial charge >= 0.3 is 0 Å². The van der Waals surface area contributed by atoms with E-state index in [1.165, 1.54) is 0 Å². The molecule has 0 atom stereocenters. The second kappa shape index (κ2) is 85.8. The van der Waals surface area contributed by atoms with E-state index in [4.69, 9.17) is 19.8 Å². The van der Waals surface area contributed by atoms with E-state index >= 15 is 0 Å². The topological polar surface area (TPSA) is 108 Å². The van der Waals surface area contributed by atoms with Crippen LogP contribution in [-0.2, 0) is 29.1 Å². The molecule has 0 aliphatic rings. The monoisotopic (exact) mass is 170 g/mol. The molecule has 0 saturated carbocycles. The van der Waals surface area contributed by atoms with Crippen LogP contribution >= 0.6 is 0 Å². The summed E-state index contributed by atoms with van der Waals surface area (Å²) in [5.41, 5.74) is 0. The fraction of sp³-hybridized carbons (Fsp3) is 0. The van der Waals surface area contributed by atoms with Gasteiger partial charge in [0.15, 0.2) is 0 Å². The zero-order valence-corrected chi connectivity index (χ0v) is 6.96. The largest absolute Gasteiger partial charge is 0.693 e. The average Bonchev–Trinajstić information content (AvgIpc) is 1.39. The van der Waals surface area contributed by atoms with Gasteiger partial charge < -0.3 is 26.0 Å². The quantitative estimate of drug-likeness (QED) is 0.393. The molecule has 0 saturated heterocycles. The van der Waals surface area contributed by atoms with Crippen LogP contribution in [0.2, 0.25) is 0 Å². The minimum Gasteiger partial charge on any atom is -0.693 e. The molecule has 0 bridgehead atoms. The van der Waals surface area contributed by atoms with Gasteiger partial charge in [0.05, 0.1) is 0 Å². The van der Waals surface area contributed by atoms with Crippen molar-refractivity contribution >= 4 is 12.9 Å². The van der Waals surface area contributed by atoms with Gasteiger partial charge in [0.2, 0.25) is 0 Å². The van der Waals surface area contributed by atoms with Crippen molar-refractivity contribution in [2.75, 3.05) is 0 Å². The Morgan fingerprint density at radius 2 is 1.00 bits per heavy atom. The van der Waals surface area contributed by atoms with Crippen LogP contribution in [0.25, 0.3) is 6.15 Å². The first-order valence-electron chi connectivity index (χ1n) is 0.855. The number of hydrogen-bond acceptors (Lipinski definition) is 2. The predicted molar refractivity (Wildman–Crippen MR) is 21.9 cm³/mol. The first-order chi connectivity index (χ1) is 2.83. The summed E-state index contributed by atoms with van der Waals surface area (Å²) in [5, 5.41) is 13.5. The molecule has 0 rings (SSSR count). The molecule has 8 heavy (non-hydrogen) atoms. The third kappa shape index (κ3) is 497. The van der Waals surface area contributed by atoms with E-state index in [-0.39, 0.29) is 25.6 Å². The molecule has 0 spiro atoms. The van der Waals surface area contributed by atoms with Crippen LogP contribution in [0.1, 0.15) is 0 Å². The van der Waals surface area contributed by atoms with E-state index in [1.54, 1.807) is 0 Å². The van der Waals surface area contributed by atoms with Gasteiger partial charge in [-0.2, -0.15) is 0 Å². The summed E-state index contributed by atoms with van der Waals surface area (Å²) >= 11 is 0. The van der Waals surface area contributed by atoms with E-state index in [0.717, 1.165) is 0 Å². The Morgan fingerprint density at radius 1 is 1.00 bits per heavy atom. The van der Waals surface area contributed by atoms with Gasteiger partial charge in [-0.05, 0) is 0 Å². The van der Waals surface area contributed by atoms with Gasteiger partial charge in [0.25, 0.3) is 0 Å². The van der Waals surface area contributed by atoms with Gasteiger partial charge in [-0.3, -0.25) is 0 Å². The second-order valence-electron chi connectivity index (χ2n) is 0.183. The molecule has 0 aromatic rings. The van der Waals surface area contributed by atoms with Crippen LogP contribution in [-0.4, -0.2) is 23.2 Å². The Morgan fingerprint density at radius 3 is 1.00 bits per heavy atom. The fourth-order valence-corrected chi connectivity index (χ4v) is 0. The van der Waals surface area contributed by atoms with E-state index < -0.39 is 0 Å². The molecule has 0 radical (unpaired) electrons. The first kappa shape index (κ1) is 25.8. The van der Waals surface area contributed by atoms with Crippen molar-refractivity contribution in [2.45, 2.75) is 0 Å². The summed E-state index contributed by atoms with van der Waals surface area (Å²) < 4.78 is 0. The van der Waals surface area contributed by atoms with Crippen LogP contribution in [0.15, 0.2) is 0 Å². The summed E-state index contributed by atoms with van der Waals surface area (Å²) in [6.07, 6.45) is 0. The number of nitrogens with two attached hydrogens (primary N) is 1. The number of hydrogen-bond donors (Lipinski definition) is 2. The smallest absolute Gasteiger partial charge is 0 e. The van der Waals surface area contributed by atoms with Crippen molar-refractivity contribution in [3.63, 3.8) is 0 Å². The van der Waals surface area contributed by atoms with Crippen LogP contribution in [0.5, 0.6) is 0 Å². The Labute approximate surface area is 59.0 Å². The third-order valence-corrected chi connectivity index (χ3v) is 0. The molecule has 0 unspecified atom stereocenters. The maximum atomic E-state index is 8.24. The molecule has 0 heterocycles. The maximum Gasteiger partial charge on any atom is 0 e. The maximum absolute atomic E-state index is 8.24. The zero-order chi connectivity index (χ0) is 5.41. The van der Waals surface area contributed by atoms with Crippen molar-refractivity contribution in [1.82, 2.24) is 0 Å². The van der Waals surface area contributed by atoms with Crippen molar-refractivity contribution in [3.05, 3.63) is 6.15 Å². The Hall–Kier alpha value is -0.477. The number of aliphatic hydroxyl groups excluding tert-OH is 2. The Bertz CT molecular complexity index is 35.0. The molecule has 0 aliphatic carbocycles. The van der Waals surface area contributed by atoms with E-state index in [9.17, 15) is 0 Å². The number of rotatable bonds is 0.